The standard InChI is InChI=1S/C13H15NO2/c1-3-10-6-13(16)14(8-10)11-5-4-9(2)12(15)7-11/h3-5,7,10,15H,1,6,8H2,2H3. The summed E-state index contributed by atoms with van der Waals surface area (Å²) >= 11 is 0. The number of phenols is 1. The van der Waals surface area contributed by atoms with Crippen molar-refractivity contribution in [2.24, 2.45) is 5.92 Å². The molecule has 84 valence electrons. The third-order valence-electron chi connectivity index (χ3n) is 2.99. The molecule has 0 aliphatic carbocycles. The third kappa shape index (κ3) is 1.81. The van der Waals surface area contributed by atoms with Gasteiger partial charge in [-0.15, -0.1) is 6.58 Å². The Labute approximate surface area is 95.0 Å². The van der Waals surface area contributed by atoms with Crippen LogP contribution < -0.4 is 4.90 Å². The summed E-state index contributed by atoms with van der Waals surface area (Å²) in [6, 6.07) is 5.32. The second kappa shape index (κ2) is 4.00. The van der Waals surface area contributed by atoms with E-state index in [9.17, 15) is 9.90 Å². The molecule has 0 spiro atoms. The van der Waals surface area contributed by atoms with E-state index < -0.39 is 0 Å². The van der Waals surface area contributed by atoms with Crippen molar-refractivity contribution in [2.75, 3.05) is 11.4 Å². The Morgan fingerprint density at radius 1 is 1.56 bits per heavy atom. The lowest BCUT2D eigenvalue weighted by molar-refractivity contribution is -0.117. The molecule has 1 aromatic rings. The van der Waals surface area contributed by atoms with Crippen molar-refractivity contribution < 1.29 is 9.90 Å². The van der Waals surface area contributed by atoms with Gasteiger partial charge in [-0.25, -0.2) is 0 Å². The first-order chi connectivity index (χ1) is 7.61. The maximum atomic E-state index is 11.7. The van der Waals surface area contributed by atoms with Gasteiger partial charge in [0.15, 0.2) is 0 Å². The summed E-state index contributed by atoms with van der Waals surface area (Å²) in [5.41, 5.74) is 1.58. The third-order valence-corrected chi connectivity index (χ3v) is 2.99. The van der Waals surface area contributed by atoms with Crippen molar-refractivity contribution in [3.63, 3.8) is 0 Å². The van der Waals surface area contributed by atoms with Crippen LogP contribution >= 0.6 is 0 Å². The van der Waals surface area contributed by atoms with Gasteiger partial charge in [0.1, 0.15) is 5.75 Å². The molecule has 0 saturated carbocycles. The van der Waals surface area contributed by atoms with Crippen LogP contribution in [0.2, 0.25) is 0 Å². The van der Waals surface area contributed by atoms with Crippen LogP contribution in [0.4, 0.5) is 5.69 Å². The Morgan fingerprint density at radius 3 is 2.88 bits per heavy atom. The molecule has 1 amide bonds. The minimum atomic E-state index is 0.0909. The van der Waals surface area contributed by atoms with Gasteiger partial charge in [-0.05, 0) is 18.6 Å². The van der Waals surface area contributed by atoms with Gasteiger partial charge in [0.2, 0.25) is 5.91 Å². The quantitative estimate of drug-likeness (QED) is 0.772. The van der Waals surface area contributed by atoms with Gasteiger partial charge < -0.3 is 10.0 Å². The van der Waals surface area contributed by atoms with E-state index >= 15 is 0 Å². The number of hydrogen-bond acceptors (Lipinski definition) is 2. The fraction of sp³-hybridized carbons (Fsp3) is 0.308. The first-order valence-corrected chi connectivity index (χ1v) is 5.34. The van der Waals surface area contributed by atoms with Crippen LogP contribution in [0.3, 0.4) is 0 Å². The Hall–Kier alpha value is -1.77. The number of hydrogen-bond donors (Lipinski definition) is 1. The lowest BCUT2D eigenvalue weighted by Crippen LogP contribution is -2.24. The van der Waals surface area contributed by atoms with Crippen LogP contribution in [0, 0.1) is 12.8 Å². The summed E-state index contributed by atoms with van der Waals surface area (Å²) in [5, 5.41) is 9.61. The van der Waals surface area contributed by atoms with Crippen LogP contribution in [0.5, 0.6) is 5.75 Å². The van der Waals surface area contributed by atoms with Gasteiger partial charge >= 0.3 is 0 Å². The predicted molar refractivity (Wildman–Crippen MR) is 63.5 cm³/mol. The molecular formula is C13H15NO2. The van der Waals surface area contributed by atoms with Crippen LogP contribution in [0.15, 0.2) is 30.9 Å². The number of carbonyl (C=O) groups excluding carboxylic acids is 1. The van der Waals surface area contributed by atoms with E-state index in [0.717, 1.165) is 11.3 Å². The zero-order valence-corrected chi connectivity index (χ0v) is 9.31. The van der Waals surface area contributed by atoms with Crippen LogP contribution in [-0.4, -0.2) is 17.6 Å². The fourth-order valence-corrected chi connectivity index (χ4v) is 1.91. The van der Waals surface area contributed by atoms with Crippen molar-refractivity contribution in [3.05, 3.63) is 36.4 Å². The summed E-state index contributed by atoms with van der Waals surface area (Å²) in [4.78, 5) is 13.4. The van der Waals surface area contributed by atoms with Crippen molar-refractivity contribution in [1.82, 2.24) is 0 Å². The van der Waals surface area contributed by atoms with Gasteiger partial charge in [0.05, 0.1) is 0 Å². The predicted octanol–water partition coefficient (Wildman–Crippen LogP) is 2.24. The number of aryl methyl sites for hydroxylation is 1. The highest BCUT2D eigenvalue weighted by Gasteiger charge is 2.28. The molecule has 1 aromatic carbocycles. The van der Waals surface area contributed by atoms with E-state index in [1.165, 1.54) is 0 Å². The van der Waals surface area contributed by atoms with Gasteiger partial charge in [-0.2, -0.15) is 0 Å². The summed E-state index contributed by atoms with van der Waals surface area (Å²) in [5.74, 6) is 0.538. The second-order valence-electron chi connectivity index (χ2n) is 4.18. The Morgan fingerprint density at radius 2 is 2.31 bits per heavy atom. The van der Waals surface area contributed by atoms with E-state index in [0.29, 0.717) is 13.0 Å². The zero-order valence-electron chi connectivity index (χ0n) is 9.31. The molecule has 1 aliphatic heterocycles. The summed E-state index contributed by atoms with van der Waals surface area (Å²) in [7, 11) is 0. The number of phenolic OH excluding ortho intramolecular Hbond substituents is 1. The van der Waals surface area contributed by atoms with Crippen molar-refractivity contribution in [1.29, 1.82) is 0 Å². The number of rotatable bonds is 2. The smallest absolute Gasteiger partial charge is 0.227 e. The highest BCUT2D eigenvalue weighted by atomic mass is 16.3. The monoisotopic (exact) mass is 217 g/mol. The molecule has 1 unspecified atom stereocenters. The largest absolute Gasteiger partial charge is 0.508 e. The number of aromatic hydroxyl groups is 1. The number of anilines is 1. The number of nitrogens with zero attached hydrogens (tertiary/aromatic N) is 1. The molecule has 1 aliphatic rings. The molecule has 1 saturated heterocycles. The van der Waals surface area contributed by atoms with Crippen molar-refractivity contribution in [2.45, 2.75) is 13.3 Å². The van der Waals surface area contributed by atoms with Crippen molar-refractivity contribution >= 4 is 11.6 Å². The van der Waals surface area contributed by atoms with Crippen molar-refractivity contribution in [3.8, 4) is 5.75 Å². The summed E-state index contributed by atoms with van der Waals surface area (Å²) < 4.78 is 0. The topological polar surface area (TPSA) is 40.5 Å². The van der Waals surface area contributed by atoms with E-state index in [1.54, 1.807) is 11.0 Å². The second-order valence-corrected chi connectivity index (χ2v) is 4.18. The molecule has 3 heteroatoms. The molecule has 1 fully saturated rings. The number of carbonyl (C=O) groups is 1. The minimum Gasteiger partial charge on any atom is -0.508 e. The molecule has 1 heterocycles. The Kier molecular flexibility index (Phi) is 2.69. The number of benzene rings is 1. The average molecular weight is 217 g/mol. The molecule has 0 radical (unpaired) electrons. The van der Waals surface area contributed by atoms with Crippen LogP contribution in [0.25, 0.3) is 0 Å². The normalized spacial score (nSPS) is 20.2. The molecule has 1 atom stereocenters. The summed E-state index contributed by atoms with van der Waals surface area (Å²) in [6.07, 6.45) is 2.32. The lowest BCUT2D eigenvalue weighted by Gasteiger charge is -2.16. The Balaban J connectivity index is 2.27. The first-order valence-electron chi connectivity index (χ1n) is 5.34. The molecule has 2 rings (SSSR count). The highest BCUT2D eigenvalue weighted by Crippen LogP contribution is 2.29. The van der Waals surface area contributed by atoms with Gasteiger partial charge in [-0.3, -0.25) is 4.79 Å². The van der Waals surface area contributed by atoms with Gasteiger partial charge in [0, 0.05) is 30.6 Å². The molecular weight excluding hydrogens is 202 g/mol. The molecule has 16 heavy (non-hydrogen) atoms. The maximum Gasteiger partial charge on any atom is 0.227 e. The fourth-order valence-electron chi connectivity index (χ4n) is 1.91. The van der Waals surface area contributed by atoms with Crippen LogP contribution in [-0.2, 0) is 4.79 Å². The first kappa shape index (κ1) is 10.7. The molecule has 3 nitrogen and oxygen atoms in total. The average Bonchev–Trinajstić information content (AvgIpc) is 2.64. The minimum absolute atomic E-state index is 0.0909. The van der Waals surface area contributed by atoms with E-state index in [4.69, 9.17) is 0 Å². The van der Waals surface area contributed by atoms with Gasteiger partial charge in [0.25, 0.3) is 0 Å². The van der Waals surface area contributed by atoms with Crippen LogP contribution in [0.1, 0.15) is 12.0 Å². The molecule has 0 bridgehead atoms. The summed E-state index contributed by atoms with van der Waals surface area (Å²) in [6.45, 7) is 6.20. The lowest BCUT2D eigenvalue weighted by atomic mass is 10.1. The number of amides is 1. The van der Waals surface area contributed by atoms with E-state index in [-0.39, 0.29) is 17.6 Å². The SMILES string of the molecule is C=CC1CC(=O)N(c2ccc(C)c(O)c2)C1. The molecule has 0 aromatic heterocycles. The highest BCUT2D eigenvalue weighted by molar-refractivity contribution is 5.96. The maximum absolute atomic E-state index is 11.7. The Bertz CT molecular complexity index is 440. The molecule has 1 N–H and O–H groups in total. The zero-order chi connectivity index (χ0) is 11.7. The van der Waals surface area contributed by atoms with Gasteiger partial charge in [-0.1, -0.05) is 12.1 Å². The van der Waals surface area contributed by atoms with E-state index in [1.807, 2.05) is 25.1 Å². The van der Waals surface area contributed by atoms with E-state index in [2.05, 4.69) is 6.58 Å².